The van der Waals surface area contributed by atoms with Crippen molar-refractivity contribution >= 4 is 22.0 Å². The van der Waals surface area contributed by atoms with Crippen LogP contribution in [0.5, 0.6) is 0 Å². The van der Waals surface area contributed by atoms with Gasteiger partial charge in [-0.25, -0.2) is 17.9 Å². The first-order valence-electron chi connectivity index (χ1n) is 14.7. The molecule has 224 valence electrons. The zero-order valence-electron chi connectivity index (χ0n) is 25.9. The van der Waals surface area contributed by atoms with Gasteiger partial charge in [0.15, 0.2) is 0 Å². The van der Waals surface area contributed by atoms with Crippen LogP contribution in [0.1, 0.15) is 114 Å². The maximum Gasteiger partial charge on any atom is 0.0973 e. The Bertz CT molecular complexity index is 781. The zero-order valence-corrected chi connectivity index (χ0v) is 27.5. The lowest BCUT2D eigenvalue weighted by Gasteiger charge is -2.42. The molecule has 3 saturated heterocycles. The molecule has 1 aliphatic carbocycles. The third-order valence-corrected chi connectivity index (χ3v) is 11.9. The van der Waals surface area contributed by atoms with Crippen molar-refractivity contribution in [3.8, 4) is 0 Å². The van der Waals surface area contributed by atoms with Crippen LogP contribution in [-0.4, -0.2) is 67.5 Å². The second-order valence-electron chi connectivity index (χ2n) is 15.4. The van der Waals surface area contributed by atoms with Gasteiger partial charge in [-0.3, -0.25) is 0 Å². The number of hydrogen-bond acceptors (Lipinski definition) is 5. The van der Waals surface area contributed by atoms with Gasteiger partial charge >= 0.3 is 0 Å². The van der Waals surface area contributed by atoms with Crippen LogP contribution < -0.4 is 14.8 Å². The van der Waals surface area contributed by atoms with Crippen molar-refractivity contribution in [3.63, 3.8) is 0 Å². The van der Waals surface area contributed by atoms with E-state index in [1.807, 2.05) is 41.5 Å². The Morgan fingerprint density at radius 3 is 1.39 bits per heavy atom. The summed E-state index contributed by atoms with van der Waals surface area (Å²) < 4.78 is 43.7. The molecule has 4 rings (SSSR count). The molecule has 7 nitrogen and oxygen atoms in total. The van der Waals surface area contributed by atoms with E-state index >= 15 is 0 Å². The van der Waals surface area contributed by atoms with E-state index in [1.54, 1.807) is 0 Å². The van der Waals surface area contributed by atoms with Crippen LogP contribution in [0.3, 0.4) is 0 Å². The van der Waals surface area contributed by atoms with E-state index in [-0.39, 0.29) is 43.6 Å². The van der Waals surface area contributed by atoms with E-state index in [4.69, 9.17) is 9.47 Å². The van der Waals surface area contributed by atoms with Crippen molar-refractivity contribution in [1.29, 1.82) is 0 Å². The fraction of sp³-hybridized carbons (Fsp3) is 1.00. The highest BCUT2D eigenvalue weighted by Gasteiger charge is 2.56. The van der Waals surface area contributed by atoms with E-state index in [0.717, 1.165) is 52.0 Å². The van der Waals surface area contributed by atoms with E-state index in [9.17, 15) is 8.42 Å². The van der Waals surface area contributed by atoms with Gasteiger partial charge in [0.05, 0.1) is 68.0 Å². The molecule has 2 spiro atoms. The molecule has 4 fully saturated rings. The van der Waals surface area contributed by atoms with Crippen molar-refractivity contribution in [1.82, 2.24) is 14.8 Å². The number of hydrogen-bond donors (Lipinski definition) is 3. The molecule has 3 aliphatic heterocycles. The third-order valence-electron chi connectivity index (χ3n) is 8.79. The first kappa shape index (κ1) is 32.6. The Labute approximate surface area is 238 Å². The molecule has 3 heterocycles. The van der Waals surface area contributed by atoms with Gasteiger partial charge in [-0.05, 0) is 80.3 Å². The summed E-state index contributed by atoms with van der Waals surface area (Å²) in [6, 6.07) is 0.350. The molecule has 0 radical (unpaired) electrons. The largest absolute Gasteiger partial charge is 0.373 e. The first-order chi connectivity index (χ1) is 17.3. The molecule has 0 bridgehead atoms. The highest BCUT2D eigenvalue weighted by molar-refractivity contribution is 7.84. The molecule has 0 aromatic rings. The second-order valence-corrected chi connectivity index (χ2v) is 19.4. The predicted octanol–water partition coefficient (Wildman–Crippen LogP) is 4.75. The van der Waals surface area contributed by atoms with Crippen LogP contribution in [0.2, 0.25) is 0 Å². The maximum atomic E-state index is 12.5. The Hall–Kier alpha value is 0.1000. The Kier molecular flexibility index (Phi) is 10.1. The highest BCUT2D eigenvalue weighted by atomic mass is 32.2. The number of nitrogens with one attached hydrogen (secondary N) is 3. The van der Waals surface area contributed by atoms with Gasteiger partial charge in [0, 0.05) is 10.8 Å². The summed E-state index contributed by atoms with van der Waals surface area (Å²) in [5.41, 5.74) is -0.144. The third kappa shape index (κ3) is 7.29. The summed E-state index contributed by atoms with van der Waals surface area (Å²) in [5, 5.41) is 3.38. The van der Waals surface area contributed by atoms with Crippen molar-refractivity contribution < 1.29 is 17.9 Å². The summed E-state index contributed by atoms with van der Waals surface area (Å²) in [5.74, 6) is 0. The highest BCUT2D eigenvalue weighted by Crippen LogP contribution is 2.47. The van der Waals surface area contributed by atoms with Gasteiger partial charge in [0.25, 0.3) is 0 Å². The maximum absolute atomic E-state index is 12.5. The molecule has 38 heavy (non-hydrogen) atoms. The van der Waals surface area contributed by atoms with Gasteiger partial charge in [0.2, 0.25) is 0 Å². The second kappa shape index (κ2) is 11.8. The van der Waals surface area contributed by atoms with Gasteiger partial charge < -0.3 is 14.8 Å². The monoisotopic (exact) mass is 575 g/mol. The molecular weight excluding hydrogens is 518 g/mol. The van der Waals surface area contributed by atoms with Crippen LogP contribution in [0.15, 0.2) is 0 Å². The fourth-order valence-corrected chi connectivity index (χ4v) is 8.59. The van der Waals surface area contributed by atoms with Gasteiger partial charge in [-0.1, -0.05) is 47.0 Å². The summed E-state index contributed by atoms with van der Waals surface area (Å²) in [4.78, 5) is 0. The number of rotatable bonds is 4. The van der Waals surface area contributed by atoms with Crippen LogP contribution >= 0.6 is 0 Å². The summed E-state index contributed by atoms with van der Waals surface area (Å²) in [6.07, 6.45) is 7.98. The summed E-state index contributed by atoms with van der Waals surface area (Å²) in [6.45, 7) is 24.4. The van der Waals surface area contributed by atoms with Crippen LogP contribution in [0.4, 0.5) is 0 Å². The average Bonchev–Trinajstić information content (AvgIpc) is 3.19. The number of ether oxygens (including phenoxy) is 2. The Morgan fingerprint density at radius 1 is 0.658 bits per heavy atom. The minimum Gasteiger partial charge on any atom is -0.373 e. The Balaban J connectivity index is 0.000000211. The van der Waals surface area contributed by atoms with Gasteiger partial charge in [-0.2, -0.15) is 0 Å². The molecule has 9 heteroatoms. The summed E-state index contributed by atoms with van der Waals surface area (Å²) >= 11 is 0. The molecule has 4 aliphatic rings. The van der Waals surface area contributed by atoms with E-state index in [1.165, 1.54) is 19.3 Å². The van der Waals surface area contributed by atoms with Crippen molar-refractivity contribution in [2.75, 3.05) is 26.3 Å². The smallest absolute Gasteiger partial charge is 0.0973 e. The van der Waals surface area contributed by atoms with E-state index < -0.39 is 22.0 Å². The average molecular weight is 576 g/mol. The van der Waals surface area contributed by atoms with E-state index in [2.05, 4.69) is 42.5 Å². The molecule has 0 unspecified atom stereocenters. The van der Waals surface area contributed by atoms with Crippen LogP contribution in [0, 0.1) is 10.8 Å². The number of piperidine rings is 1. The van der Waals surface area contributed by atoms with Gasteiger partial charge in [-0.15, -0.1) is 0 Å². The molecule has 0 amide bonds. The normalized spacial score (nSPS) is 31.5. The van der Waals surface area contributed by atoms with Gasteiger partial charge in [0.1, 0.15) is 0 Å². The quantitative estimate of drug-likeness (QED) is 0.450. The van der Waals surface area contributed by atoms with Crippen molar-refractivity contribution in [2.45, 2.75) is 147 Å². The lowest BCUT2D eigenvalue weighted by molar-refractivity contribution is -0.0352. The topological polar surface area (TPSA) is 88.7 Å². The Morgan fingerprint density at radius 2 is 1.03 bits per heavy atom. The van der Waals surface area contributed by atoms with Crippen molar-refractivity contribution in [3.05, 3.63) is 0 Å². The fourth-order valence-electron chi connectivity index (χ4n) is 6.38. The SMILES string of the molecule is CC1(C)COC2(CCCCC2)[C@@H]1N[S@](=O)C(C)(C)C.CC1(C)COC2(CCNCC2)[C@@H]1N[S@](=O)C(C)(C)C. The minimum absolute atomic E-state index is 0.0260. The standard InChI is InChI=1S/C15H29NO2S.C14H28N2O2S/c1-13(2,3)19(17)16-12-14(4,5)11-18-15(12)9-7-6-8-10-15;1-12(2,3)19(17)16-11-13(4,5)10-18-14(11)6-8-15-9-7-14/h12,16H,6-11H2,1-5H3;11,15-16H,6-10H2,1-5H3/t12-,19-;11-,19-/m11/s1. The van der Waals surface area contributed by atoms with Crippen molar-refractivity contribution in [2.24, 2.45) is 10.8 Å². The lowest BCUT2D eigenvalue weighted by Crippen LogP contribution is -2.59. The minimum atomic E-state index is -1.05. The molecule has 0 aromatic carbocycles. The molecular formula is C29H57N3O4S2. The lowest BCUT2D eigenvalue weighted by atomic mass is 9.72. The molecule has 3 N–H and O–H groups in total. The molecule has 0 aromatic heterocycles. The van der Waals surface area contributed by atoms with Crippen LogP contribution in [0.25, 0.3) is 0 Å². The molecule has 4 atom stereocenters. The van der Waals surface area contributed by atoms with E-state index in [0.29, 0.717) is 0 Å². The first-order valence-corrected chi connectivity index (χ1v) is 17.0. The zero-order chi connectivity index (χ0) is 28.6. The predicted molar refractivity (Wildman–Crippen MR) is 160 cm³/mol. The van der Waals surface area contributed by atoms with Crippen LogP contribution in [-0.2, 0) is 31.4 Å². The molecule has 1 saturated carbocycles. The summed E-state index contributed by atoms with van der Waals surface area (Å²) in [7, 11) is -2.08.